The third-order valence-corrected chi connectivity index (χ3v) is 9.35. The molecule has 0 aliphatic heterocycles. The maximum atomic E-state index is 6.34. The minimum atomic E-state index is -1.92. The van der Waals surface area contributed by atoms with Crippen molar-refractivity contribution < 1.29 is 8.85 Å². The van der Waals surface area contributed by atoms with Crippen LogP contribution in [0.3, 0.4) is 0 Å². The first-order chi connectivity index (χ1) is 13.1. The van der Waals surface area contributed by atoms with Gasteiger partial charge in [0.05, 0.1) is 0 Å². The maximum absolute atomic E-state index is 6.34. The van der Waals surface area contributed by atoms with Gasteiger partial charge in [-0.2, -0.15) is 0 Å². The summed E-state index contributed by atoms with van der Waals surface area (Å²) in [6.07, 6.45) is 19.2. The van der Waals surface area contributed by atoms with E-state index in [4.69, 9.17) is 8.85 Å². The molecule has 0 amide bonds. The second-order valence-electron chi connectivity index (χ2n) is 8.74. The third kappa shape index (κ3) is 16.8. The fourth-order valence-corrected chi connectivity index (χ4v) is 6.08. The van der Waals surface area contributed by atoms with Crippen LogP contribution < -0.4 is 0 Å². The molecule has 0 rings (SSSR count). The number of rotatable bonds is 21. The zero-order chi connectivity index (χ0) is 20.2. The van der Waals surface area contributed by atoms with Crippen LogP contribution in [-0.4, -0.2) is 21.8 Å². The quantitative estimate of drug-likeness (QED) is 0.142. The molecule has 0 fully saturated rings. The Balaban J connectivity index is 3.58. The topological polar surface area (TPSA) is 18.5 Å². The van der Waals surface area contributed by atoms with Crippen LogP contribution in [0.5, 0.6) is 0 Å². The van der Waals surface area contributed by atoms with Crippen LogP contribution in [0.4, 0.5) is 0 Å². The first-order valence-electron chi connectivity index (χ1n) is 12.4. The molecule has 0 saturated carbocycles. The summed E-state index contributed by atoms with van der Waals surface area (Å²) in [5.41, 5.74) is 0. The van der Waals surface area contributed by atoms with Crippen molar-refractivity contribution in [1.29, 1.82) is 0 Å². The smallest absolute Gasteiger partial charge is 0.337 e. The molecule has 0 atom stereocenters. The average Bonchev–Trinajstić information content (AvgIpc) is 2.67. The molecule has 0 spiro atoms. The Kier molecular flexibility index (Phi) is 19.6. The molecule has 0 N–H and O–H groups in total. The molecule has 0 aromatic heterocycles. The fourth-order valence-electron chi connectivity index (χ4n) is 3.65. The summed E-state index contributed by atoms with van der Waals surface area (Å²) in [7, 11) is -1.92. The molecular formula is C24H52O2Si. The minimum Gasteiger partial charge on any atom is -0.394 e. The van der Waals surface area contributed by atoms with Gasteiger partial charge < -0.3 is 8.85 Å². The lowest BCUT2D eigenvalue weighted by Crippen LogP contribution is -2.41. The molecule has 0 heterocycles. The summed E-state index contributed by atoms with van der Waals surface area (Å²) in [5.74, 6) is 0.773. The third-order valence-electron chi connectivity index (χ3n) is 5.73. The number of hydrogen-bond donors (Lipinski definition) is 0. The van der Waals surface area contributed by atoms with Gasteiger partial charge in [0, 0.05) is 13.2 Å². The van der Waals surface area contributed by atoms with Crippen LogP contribution in [0.15, 0.2) is 0 Å². The van der Waals surface area contributed by atoms with Gasteiger partial charge in [0.25, 0.3) is 0 Å². The van der Waals surface area contributed by atoms with Crippen LogP contribution in [-0.2, 0) is 8.85 Å². The fraction of sp³-hybridized carbons (Fsp3) is 1.00. The van der Waals surface area contributed by atoms with E-state index in [9.17, 15) is 0 Å². The SMILES string of the molecule is CCCCCCCCCCCCCCO[Si](CC)(CC)OCCCC(C)C. The molecule has 164 valence electrons. The maximum Gasteiger partial charge on any atom is 0.337 e. The molecule has 2 nitrogen and oxygen atoms in total. The highest BCUT2D eigenvalue weighted by Crippen LogP contribution is 2.20. The first-order valence-corrected chi connectivity index (χ1v) is 14.6. The summed E-state index contributed by atoms with van der Waals surface area (Å²) >= 11 is 0. The molecular weight excluding hydrogens is 348 g/mol. The van der Waals surface area contributed by atoms with Gasteiger partial charge in [-0.15, -0.1) is 0 Å². The van der Waals surface area contributed by atoms with E-state index < -0.39 is 8.56 Å². The average molecular weight is 401 g/mol. The van der Waals surface area contributed by atoms with Crippen molar-refractivity contribution in [3.05, 3.63) is 0 Å². The van der Waals surface area contributed by atoms with Crippen LogP contribution in [0.1, 0.15) is 125 Å². The highest BCUT2D eigenvalue weighted by atomic mass is 28.4. The molecule has 3 heteroatoms. The monoisotopic (exact) mass is 400 g/mol. The van der Waals surface area contributed by atoms with Crippen LogP contribution in [0.25, 0.3) is 0 Å². The second-order valence-corrected chi connectivity index (χ2v) is 12.6. The Morgan fingerprint density at radius 2 is 0.963 bits per heavy atom. The zero-order valence-electron chi connectivity index (χ0n) is 19.6. The van der Waals surface area contributed by atoms with E-state index in [2.05, 4.69) is 34.6 Å². The molecule has 0 bridgehead atoms. The minimum absolute atomic E-state index is 0.773. The van der Waals surface area contributed by atoms with Crippen molar-refractivity contribution in [3.63, 3.8) is 0 Å². The number of hydrogen-bond acceptors (Lipinski definition) is 2. The highest BCUT2D eigenvalue weighted by molar-refractivity contribution is 6.67. The first kappa shape index (κ1) is 27.1. The van der Waals surface area contributed by atoms with E-state index in [1.807, 2.05) is 0 Å². The van der Waals surface area contributed by atoms with E-state index in [1.54, 1.807) is 0 Å². The van der Waals surface area contributed by atoms with E-state index in [0.29, 0.717) is 0 Å². The molecule has 0 aliphatic carbocycles. The van der Waals surface area contributed by atoms with Gasteiger partial charge in [-0.1, -0.05) is 105 Å². The summed E-state index contributed by atoms with van der Waals surface area (Å²) in [4.78, 5) is 0. The second kappa shape index (κ2) is 19.5. The lowest BCUT2D eigenvalue weighted by atomic mass is 10.1. The Labute approximate surface area is 173 Å². The van der Waals surface area contributed by atoms with Gasteiger partial charge in [-0.05, 0) is 37.3 Å². The van der Waals surface area contributed by atoms with Gasteiger partial charge in [0.1, 0.15) is 0 Å². The van der Waals surface area contributed by atoms with E-state index in [-0.39, 0.29) is 0 Å². The summed E-state index contributed by atoms with van der Waals surface area (Å²) in [5, 5.41) is 0. The lowest BCUT2D eigenvalue weighted by molar-refractivity contribution is 0.161. The van der Waals surface area contributed by atoms with E-state index in [0.717, 1.165) is 31.2 Å². The van der Waals surface area contributed by atoms with Crippen LogP contribution in [0.2, 0.25) is 12.1 Å². The molecule has 0 radical (unpaired) electrons. The molecule has 27 heavy (non-hydrogen) atoms. The van der Waals surface area contributed by atoms with Gasteiger partial charge >= 0.3 is 8.56 Å². The Morgan fingerprint density at radius 1 is 0.556 bits per heavy atom. The Hall–Kier alpha value is 0.137. The number of unbranched alkanes of at least 4 members (excludes halogenated alkanes) is 11. The van der Waals surface area contributed by atoms with E-state index >= 15 is 0 Å². The molecule has 0 aromatic rings. The normalized spacial score (nSPS) is 12.2. The van der Waals surface area contributed by atoms with Crippen molar-refractivity contribution in [2.75, 3.05) is 13.2 Å². The van der Waals surface area contributed by atoms with E-state index in [1.165, 1.54) is 89.9 Å². The van der Waals surface area contributed by atoms with Crippen molar-refractivity contribution in [2.24, 2.45) is 5.92 Å². The van der Waals surface area contributed by atoms with Crippen molar-refractivity contribution in [1.82, 2.24) is 0 Å². The molecule has 0 aliphatic rings. The van der Waals surface area contributed by atoms with Gasteiger partial charge in [0.2, 0.25) is 0 Å². The Bertz CT molecular complexity index is 290. The van der Waals surface area contributed by atoms with Crippen LogP contribution in [0, 0.1) is 5.92 Å². The van der Waals surface area contributed by atoms with Gasteiger partial charge in [-0.25, -0.2) is 0 Å². The van der Waals surface area contributed by atoms with Crippen molar-refractivity contribution in [3.8, 4) is 0 Å². The molecule has 0 saturated heterocycles. The van der Waals surface area contributed by atoms with Crippen molar-refractivity contribution in [2.45, 2.75) is 137 Å². The molecule has 0 aromatic carbocycles. The predicted octanol–water partition coefficient (Wildman–Crippen LogP) is 8.64. The van der Waals surface area contributed by atoms with Gasteiger partial charge in [-0.3, -0.25) is 0 Å². The Morgan fingerprint density at radius 3 is 1.37 bits per heavy atom. The summed E-state index contributed by atoms with van der Waals surface area (Å²) in [6.45, 7) is 13.2. The standard InChI is InChI=1S/C24H52O2Si/c1-6-9-10-11-12-13-14-15-16-17-18-19-22-25-27(7-2,8-3)26-23-20-21-24(4)5/h24H,6-23H2,1-5H3. The predicted molar refractivity (Wildman–Crippen MR) is 124 cm³/mol. The zero-order valence-corrected chi connectivity index (χ0v) is 20.6. The largest absolute Gasteiger partial charge is 0.394 e. The highest BCUT2D eigenvalue weighted by Gasteiger charge is 2.33. The molecule has 0 unspecified atom stereocenters. The van der Waals surface area contributed by atoms with Crippen molar-refractivity contribution >= 4 is 8.56 Å². The van der Waals surface area contributed by atoms with Gasteiger partial charge in [0.15, 0.2) is 0 Å². The van der Waals surface area contributed by atoms with Crippen LogP contribution >= 0.6 is 0 Å². The summed E-state index contributed by atoms with van der Waals surface area (Å²) in [6, 6.07) is 2.17. The lowest BCUT2D eigenvalue weighted by Gasteiger charge is -2.29. The summed E-state index contributed by atoms with van der Waals surface area (Å²) < 4.78 is 12.6.